The van der Waals surface area contributed by atoms with E-state index in [1.807, 2.05) is 0 Å². The molecule has 27 heavy (non-hydrogen) atoms. The molecule has 0 unspecified atom stereocenters. The van der Waals surface area contributed by atoms with Gasteiger partial charge in [0.25, 0.3) is 5.91 Å². The fourth-order valence-electron chi connectivity index (χ4n) is 3.29. The first-order valence-electron chi connectivity index (χ1n) is 7.81. The van der Waals surface area contributed by atoms with E-state index in [9.17, 15) is 22.8 Å². The lowest BCUT2D eigenvalue weighted by molar-refractivity contribution is -0.0503. The van der Waals surface area contributed by atoms with Gasteiger partial charge in [-0.1, -0.05) is 11.6 Å². The summed E-state index contributed by atoms with van der Waals surface area (Å²) >= 11 is 7.14. The largest absolute Gasteiger partial charge is 0.447 e. The average Bonchev–Trinajstić information content (AvgIpc) is 3.11. The Morgan fingerprint density at radius 3 is 2.78 bits per heavy atom. The summed E-state index contributed by atoms with van der Waals surface area (Å²) in [5.74, 6) is -1.58. The predicted molar refractivity (Wildman–Crippen MR) is 91.3 cm³/mol. The highest BCUT2D eigenvalue weighted by Gasteiger charge is 2.51. The zero-order valence-corrected chi connectivity index (χ0v) is 15.3. The fourth-order valence-corrected chi connectivity index (χ4v) is 4.89. The van der Waals surface area contributed by atoms with Crippen LogP contribution in [0.15, 0.2) is 6.07 Å². The highest BCUT2D eigenvalue weighted by Crippen LogP contribution is 2.43. The highest BCUT2D eigenvalue weighted by atomic mass is 35.5. The Hall–Kier alpha value is -2.20. The van der Waals surface area contributed by atoms with Crippen LogP contribution in [0.5, 0.6) is 5.75 Å². The van der Waals surface area contributed by atoms with Crippen LogP contribution in [-0.4, -0.2) is 48.7 Å². The molecule has 6 nitrogen and oxygen atoms in total. The summed E-state index contributed by atoms with van der Waals surface area (Å²) in [5, 5.41) is 2.58. The van der Waals surface area contributed by atoms with Gasteiger partial charge in [-0.05, 0) is 6.92 Å². The maximum Gasteiger partial charge on any atom is 0.407 e. The molecule has 0 saturated carbocycles. The molecule has 2 amide bonds. The Kier molecular flexibility index (Phi) is 4.15. The first-order valence-corrected chi connectivity index (χ1v) is 9.00. The minimum atomic E-state index is -3.10. The summed E-state index contributed by atoms with van der Waals surface area (Å²) in [7, 11) is 0. The molecule has 2 saturated heterocycles. The summed E-state index contributed by atoms with van der Waals surface area (Å²) in [6, 6.07) is 0.834. The number of nitrogens with one attached hydrogen (secondary N) is 1. The molecule has 2 aliphatic heterocycles. The van der Waals surface area contributed by atoms with Crippen LogP contribution in [0, 0.1) is 12.7 Å². The minimum Gasteiger partial charge on any atom is -0.447 e. The smallest absolute Gasteiger partial charge is 0.407 e. The Morgan fingerprint density at radius 2 is 2.19 bits per heavy atom. The van der Waals surface area contributed by atoms with E-state index in [-0.39, 0.29) is 51.0 Å². The SMILES string of the molecule is Cc1c(OC(F)F)cc(F)c2c(Cl)c(C(=O)N3CC4(COC(=O)N4)C3)sc12. The minimum absolute atomic E-state index is 0.00290. The van der Waals surface area contributed by atoms with E-state index in [2.05, 4.69) is 10.1 Å². The van der Waals surface area contributed by atoms with Crippen molar-refractivity contribution in [3.05, 3.63) is 27.3 Å². The molecule has 0 bridgehead atoms. The second-order valence-electron chi connectivity index (χ2n) is 6.45. The summed E-state index contributed by atoms with van der Waals surface area (Å²) < 4.78 is 48.9. The topological polar surface area (TPSA) is 67.9 Å². The highest BCUT2D eigenvalue weighted by molar-refractivity contribution is 7.21. The summed E-state index contributed by atoms with van der Waals surface area (Å²) in [6.45, 7) is -0.965. The van der Waals surface area contributed by atoms with Crippen molar-refractivity contribution in [2.24, 2.45) is 0 Å². The van der Waals surface area contributed by atoms with E-state index in [4.69, 9.17) is 16.3 Å². The number of benzene rings is 1. The molecule has 2 aliphatic rings. The Balaban J connectivity index is 1.66. The van der Waals surface area contributed by atoms with Crippen molar-refractivity contribution < 1.29 is 32.2 Å². The fraction of sp³-hybridized carbons (Fsp3) is 0.375. The van der Waals surface area contributed by atoms with Gasteiger partial charge in [0.15, 0.2) is 0 Å². The molecule has 2 fully saturated rings. The third kappa shape index (κ3) is 2.87. The number of nitrogens with zero attached hydrogens (tertiary/aromatic N) is 1. The lowest BCUT2D eigenvalue weighted by Crippen LogP contribution is -2.69. The number of alkyl halides is 2. The molecule has 4 rings (SSSR count). The van der Waals surface area contributed by atoms with Gasteiger partial charge in [0, 0.05) is 34.8 Å². The number of carbonyl (C=O) groups excluding carboxylic acids is 2. The van der Waals surface area contributed by atoms with Crippen LogP contribution in [0.25, 0.3) is 10.1 Å². The number of rotatable bonds is 3. The van der Waals surface area contributed by atoms with Crippen LogP contribution in [0.4, 0.5) is 18.0 Å². The number of ether oxygens (including phenoxy) is 2. The summed E-state index contributed by atoms with van der Waals surface area (Å²) in [5.41, 5.74) is -0.329. The van der Waals surface area contributed by atoms with Crippen LogP contribution in [-0.2, 0) is 4.74 Å². The van der Waals surface area contributed by atoms with Gasteiger partial charge in [0.2, 0.25) is 0 Å². The third-order valence-corrected chi connectivity index (χ3v) is 6.38. The van der Waals surface area contributed by atoms with E-state index < -0.39 is 30.0 Å². The van der Waals surface area contributed by atoms with E-state index in [1.165, 1.54) is 11.8 Å². The van der Waals surface area contributed by atoms with Crippen LogP contribution >= 0.6 is 22.9 Å². The van der Waals surface area contributed by atoms with Crippen LogP contribution in [0.1, 0.15) is 15.2 Å². The third-order valence-electron chi connectivity index (χ3n) is 4.59. The standard InChI is InChI=1S/C16H12ClF3N2O4S/c1-6-8(26-14(19)20)2-7(18)9-10(17)12(27-11(6)9)13(23)22-3-16(4-22)5-25-15(24)21-16/h2,14H,3-5H2,1H3,(H,21,24). The number of aryl methyl sites for hydroxylation is 1. The molecule has 11 heteroatoms. The number of halogens is 4. The van der Waals surface area contributed by atoms with Crippen LogP contribution < -0.4 is 10.1 Å². The van der Waals surface area contributed by atoms with Crippen molar-refractivity contribution in [2.75, 3.05) is 19.7 Å². The van der Waals surface area contributed by atoms with Crippen LogP contribution in [0.3, 0.4) is 0 Å². The van der Waals surface area contributed by atoms with Gasteiger partial charge in [-0.25, -0.2) is 9.18 Å². The molecule has 0 radical (unpaired) electrons. The van der Waals surface area contributed by atoms with Gasteiger partial charge >= 0.3 is 12.7 Å². The Labute approximate surface area is 159 Å². The van der Waals surface area contributed by atoms with Crippen molar-refractivity contribution in [1.29, 1.82) is 0 Å². The average molecular weight is 421 g/mol. The molecule has 1 aromatic heterocycles. The molecule has 0 aliphatic carbocycles. The van der Waals surface area contributed by atoms with E-state index in [0.29, 0.717) is 0 Å². The van der Waals surface area contributed by atoms with Crippen molar-refractivity contribution in [3.63, 3.8) is 0 Å². The number of amides is 2. The number of alkyl carbamates (subject to hydrolysis) is 1. The molecular formula is C16H12ClF3N2O4S. The molecule has 1 N–H and O–H groups in total. The van der Waals surface area contributed by atoms with Gasteiger partial charge < -0.3 is 19.7 Å². The molecule has 2 aromatic rings. The maximum absolute atomic E-state index is 14.4. The summed E-state index contributed by atoms with van der Waals surface area (Å²) in [6.07, 6.45) is -0.536. The number of hydrogen-bond donors (Lipinski definition) is 1. The second kappa shape index (κ2) is 6.16. The maximum atomic E-state index is 14.4. The number of likely N-dealkylation sites (tertiary alicyclic amines) is 1. The number of thiophene rings is 1. The van der Waals surface area contributed by atoms with Gasteiger partial charge in [-0.2, -0.15) is 8.78 Å². The number of cyclic esters (lactones) is 1. The van der Waals surface area contributed by atoms with Crippen LogP contribution in [0.2, 0.25) is 5.02 Å². The van der Waals surface area contributed by atoms with Gasteiger partial charge in [0.05, 0.1) is 5.02 Å². The molecular weight excluding hydrogens is 409 g/mol. The van der Waals surface area contributed by atoms with Crippen molar-refractivity contribution >= 4 is 45.0 Å². The first kappa shape index (κ1) is 18.2. The second-order valence-corrected chi connectivity index (χ2v) is 7.85. The van der Waals surface area contributed by atoms with Gasteiger partial charge in [-0.15, -0.1) is 11.3 Å². The lowest BCUT2D eigenvalue weighted by atomic mass is 9.91. The number of carbonyl (C=O) groups is 2. The van der Waals surface area contributed by atoms with Gasteiger partial charge in [0.1, 0.15) is 28.6 Å². The Bertz CT molecular complexity index is 974. The summed E-state index contributed by atoms with van der Waals surface area (Å²) in [4.78, 5) is 25.5. The quantitative estimate of drug-likeness (QED) is 0.824. The Morgan fingerprint density at radius 1 is 1.48 bits per heavy atom. The monoisotopic (exact) mass is 420 g/mol. The molecule has 3 heterocycles. The van der Waals surface area contributed by atoms with Crippen molar-refractivity contribution in [1.82, 2.24) is 10.2 Å². The zero-order valence-electron chi connectivity index (χ0n) is 13.8. The molecule has 144 valence electrons. The molecule has 0 atom stereocenters. The lowest BCUT2D eigenvalue weighted by Gasteiger charge is -2.45. The first-order chi connectivity index (χ1) is 12.7. The van der Waals surface area contributed by atoms with E-state index in [0.717, 1.165) is 17.4 Å². The van der Waals surface area contributed by atoms with E-state index in [1.54, 1.807) is 0 Å². The van der Waals surface area contributed by atoms with Gasteiger partial charge in [-0.3, -0.25) is 4.79 Å². The number of fused-ring (bicyclic) bond motifs is 1. The normalized spacial score (nSPS) is 18.0. The number of hydrogen-bond acceptors (Lipinski definition) is 5. The van der Waals surface area contributed by atoms with E-state index >= 15 is 0 Å². The van der Waals surface area contributed by atoms with Crippen molar-refractivity contribution in [2.45, 2.75) is 19.1 Å². The van der Waals surface area contributed by atoms with Crippen molar-refractivity contribution in [3.8, 4) is 5.75 Å². The molecule has 1 spiro atoms. The predicted octanol–water partition coefficient (Wildman–Crippen LogP) is 3.54. The zero-order chi connectivity index (χ0) is 19.5. The molecule has 1 aromatic carbocycles.